The molecule has 1 aliphatic heterocycles. The lowest BCUT2D eigenvalue weighted by Gasteiger charge is -2.25. The second kappa shape index (κ2) is 17.9. The van der Waals surface area contributed by atoms with E-state index in [-0.39, 0.29) is 32.0 Å². The average Bonchev–Trinajstić information content (AvgIpc) is 3.58. The second-order valence-electron chi connectivity index (χ2n) is 13.8. The Bertz CT molecular complexity index is 1950. The summed E-state index contributed by atoms with van der Waals surface area (Å²) in [5, 5.41) is 41.7. The van der Waals surface area contributed by atoms with E-state index < -0.39 is 18.1 Å². The number of ether oxygens (including phenoxy) is 3. The number of aliphatic hydroxyl groups excluding tert-OH is 2. The van der Waals surface area contributed by atoms with Crippen molar-refractivity contribution in [3.05, 3.63) is 105 Å². The lowest BCUT2D eigenvalue weighted by Crippen LogP contribution is -2.52. The zero-order valence-corrected chi connectivity index (χ0v) is 31.3. The largest absolute Gasteiger partial charge is 0.490 e. The molecule has 53 heavy (non-hydrogen) atoms. The van der Waals surface area contributed by atoms with Gasteiger partial charge in [-0.25, -0.2) is 0 Å². The smallest absolute Gasteiger partial charge is 0.326 e. The Hall–Kier alpha value is -4.70. The molecular weight excluding hydrogens is 696 g/mol. The number of aromatic nitrogens is 1. The summed E-state index contributed by atoms with van der Waals surface area (Å²) in [5.74, 6) is 0.384. The number of nitrogens with zero attached hydrogens (tertiary/aromatic N) is 3. The molecule has 0 bridgehead atoms. The van der Waals surface area contributed by atoms with Gasteiger partial charge >= 0.3 is 5.97 Å². The van der Waals surface area contributed by atoms with Crippen molar-refractivity contribution < 1.29 is 34.3 Å². The summed E-state index contributed by atoms with van der Waals surface area (Å²) in [6.07, 6.45) is 4.54. The highest BCUT2D eigenvalue weighted by atomic mass is 35.5. The van der Waals surface area contributed by atoms with Gasteiger partial charge in [0, 0.05) is 55.8 Å². The van der Waals surface area contributed by atoms with Crippen molar-refractivity contribution in [1.82, 2.24) is 15.2 Å². The van der Waals surface area contributed by atoms with E-state index in [2.05, 4.69) is 54.2 Å². The van der Waals surface area contributed by atoms with Gasteiger partial charge in [0.1, 0.15) is 42.1 Å². The Balaban J connectivity index is 1.33. The van der Waals surface area contributed by atoms with Gasteiger partial charge in [-0.3, -0.25) is 15.1 Å². The first kappa shape index (κ1) is 39.5. The number of β-amino-alcohol motifs (C(OH)–C–C–N with tert-alkyl or cyclic N) is 1. The topological polar surface area (TPSA) is 157 Å². The van der Waals surface area contributed by atoms with Gasteiger partial charge < -0.3 is 34.4 Å². The maximum atomic E-state index is 11.8. The van der Waals surface area contributed by atoms with E-state index in [1.807, 2.05) is 24.3 Å². The Morgan fingerprint density at radius 3 is 2.49 bits per heavy atom. The van der Waals surface area contributed by atoms with Gasteiger partial charge in [-0.2, -0.15) is 5.26 Å². The molecule has 5 rings (SSSR count). The van der Waals surface area contributed by atoms with Gasteiger partial charge in [0.2, 0.25) is 0 Å². The second-order valence-corrected chi connectivity index (χ2v) is 14.2. The predicted octanol–water partition coefficient (Wildman–Crippen LogP) is 6.20. The number of halogens is 1. The molecule has 12 heteroatoms. The minimum absolute atomic E-state index is 0.0130. The van der Waals surface area contributed by atoms with Crippen LogP contribution in [0.1, 0.15) is 60.1 Å². The van der Waals surface area contributed by atoms with Crippen LogP contribution in [0, 0.1) is 25.2 Å². The van der Waals surface area contributed by atoms with Crippen LogP contribution in [0.5, 0.6) is 17.2 Å². The Kier molecular flexibility index (Phi) is 13.3. The van der Waals surface area contributed by atoms with Gasteiger partial charge in [0.05, 0.1) is 29.4 Å². The number of pyridine rings is 1. The summed E-state index contributed by atoms with van der Waals surface area (Å²) in [6, 6.07) is 19.2. The lowest BCUT2D eigenvalue weighted by molar-refractivity contribution is -0.145. The molecule has 11 nitrogen and oxygen atoms in total. The molecule has 4 aromatic rings. The summed E-state index contributed by atoms with van der Waals surface area (Å²) in [4.78, 5) is 18.2. The molecule has 1 aliphatic rings. The molecule has 0 radical (unpaired) electrons. The van der Waals surface area contributed by atoms with Crippen LogP contribution in [-0.2, 0) is 24.6 Å². The van der Waals surface area contributed by atoms with Gasteiger partial charge in [0.25, 0.3) is 0 Å². The zero-order valence-electron chi connectivity index (χ0n) is 30.6. The molecule has 4 N–H and O–H groups in total. The van der Waals surface area contributed by atoms with Crippen LogP contribution >= 0.6 is 11.6 Å². The van der Waals surface area contributed by atoms with Crippen LogP contribution in [0.15, 0.2) is 67.0 Å². The number of hydrogen-bond donors (Lipinski definition) is 4. The molecule has 0 spiro atoms. The van der Waals surface area contributed by atoms with Crippen LogP contribution in [0.25, 0.3) is 11.1 Å². The van der Waals surface area contributed by atoms with E-state index in [1.54, 1.807) is 24.4 Å². The predicted molar refractivity (Wildman–Crippen MR) is 202 cm³/mol. The molecule has 280 valence electrons. The number of hydrogen-bond acceptors (Lipinski definition) is 10. The summed E-state index contributed by atoms with van der Waals surface area (Å²) < 4.78 is 18.9. The van der Waals surface area contributed by atoms with Crippen molar-refractivity contribution in [3.8, 4) is 34.4 Å². The highest BCUT2D eigenvalue weighted by Crippen LogP contribution is 2.37. The van der Waals surface area contributed by atoms with Crippen molar-refractivity contribution in [3.63, 3.8) is 0 Å². The first-order valence-corrected chi connectivity index (χ1v) is 18.1. The third kappa shape index (κ3) is 10.0. The van der Waals surface area contributed by atoms with E-state index in [0.717, 1.165) is 66.0 Å². The highest BCUT2D eigenvalue weighted by Gasteiger charge is 2.32. The minimum Gasteiger partial charge on any atom is -0.490 e. The highest BCUT2D eigenvalue weighted by molar-refractivity contribution is 6.32. The third-order valence-electron chi connectivity index (χ3n) is 9.72. The minimum atomic E-state index is -1.59. The van der Waals surface area contributed by atoms with Crippen molar-refractivity contribution in [2.75, 3.05) is 26.2 Å². The van der Waals surface area contributed by atoms with Gasteiger partial charge in [-0.05, 0) is 86.6 Å². The van der Waals surface area contributed by atoms with Crippen molar-refractivity contribution >= 4 is 17.6 Å². The van der Waals surface area contributed by atoms with E-state index in [4.69, 9.17) is 25.8 Å². The zero-order chi connectivity index (χ0) is 38.1. The third-order valence-corrected chi connectivity index (χ3v) is 10.0. The molecule has 1 fully saturated rings. The van der Waals surface area contributed by atoms with E-state index >= 15 is 0 Å². The average molecular weight is 743 g/mol. The summed E-state index contributed by atoms with van der Waals surface area (Å²) >= 11 is 6.74. The number of rotatable bonds is 17. The number of carbonyl (C=O) groups is 1. The number of likely N-dealkylation sites (tertiary alicyclic amines) is 1. The summed E-state index contributed by atoms with van der Waals surface area (Å²) in [6.45, 7) is 9.82. The number of nitriles is 1. The molecule has 1 aromatic heterocycles. The van der Waals surface area contributed by atoms with Crippen LogP contribution in [0.4, 0.5) is 0 Å². The first-order valence-electron chi connectivity index (χ1n) is 17.7. The number of carboxylic acids is 1. The number of carboxylic acid groups (broad SMARTS) is 1. The fraction of sp³-hybridized carbons (Fsp3) is 0.390. The van der Waals surface area contributed by atoms with E-state index in [9.17, 15) is 25.4 Å². The number of aliphatic hydroxyl groups is 2. The van der Waals surface area contributed by atoms with Crippen molar-refractivity contribution in [2.45, 2.75) is 78.0 Å². The standard InChI is InChI=1S/C41H47ClN4O7/c1-26(11-13-46-14-12-33(48)22-46)53-37-10-6-9-35(28(37)3)34-8-5-7-31(27(34)2)24-52-39-17-38(51-23-30-15-29(18-43)19-44-20-30)32(16-36(39)42)21-45-41(4,25-47)40(49)50/h5-10,15-17,19-20,26,33,45,47-48H,11-14,21-25H2,1-4H3,(H,49,50). The fourth-order valence-corrected chi connectivity index (χ4v) is 6.45. The number of benzene rings is 3. The Morgan fingerprint density at radius 1 is 1.06 bits per heavy atom. The van der Waals surface area contributed by atoms with E-state index in [0.29, 0.717) is 33.2 Å². The summed E-state index contributed by atoms with van der Waals surface area (Å²) in [7, 11) is 0. The maximum Gasteiger partial charge on any atom is 0.326 e. The maximum absolute atomic E-state index is 11.8. The van der Waals surface area contributed by atoms with Gasteiger partial charge in [-0.1, -0.05) is 41.9 Å². The van der Waals surface area contributed by atoms with E-state index in [1.165, 1.54) is 13.1 Å². The van der Waals surface area contributed by atoms with Crippen LogP contribution in [0.2, 0.25) is 5.02 Å². The fourth-order valence-electron chi connectivity index (χ4n) is 6.21. The quantitative estimate of drug-likeness (QED) is 0.0977. The van der Waals surface area contributed by atoms with Gasteiger partial charge in [0.15, 0.2) is 0 Å². The van der Waals surface area contributed by atoms with Crippen molar-refractivity contribution in [2.24, 2.45) is 0 Å². The molecule has 0 aliphatic carbocycles. The molecule has 0 saturated carbocycles. The van der Waals surface area contributed by atoms with Crippen LogP contribution in [0.3, 0.4) is 0 Å². The Labute approximate surface area is 315 Å². The molecule has 3 aromatic carbocycles. The lowest BCUT2D eigenvalue weighted by atomic mass is 9.93. The molecule has 1 saturated heterocycles. The molecule has 3 unspecified atom stereocenters. The molecular formula is C41H47ClN4O7. The normalized spacial score (nSPS) is 16.1. The summed E-state index contributed by atoms with van der Waals surface area (Å²) in [5.41, 5.74) is 5.19. The number of aliphatic carboxylic acids is 1. The monoisotopic (exact) mass is 742 g/mol. The Morgan fingerprint density at radius 2 is 1.79 bits per heavy atom. The van der Waals surface area contributed by atoms with Gasteiger partial charge in [-0.15, -0.1) is 0 Å². The molecule has 0 amide bonds. The SMILES string of the molecule is Cc1c(COc2cc(OCc3cncc(C#N)c3)c(CNC(C)(CO)C(=O)O)cc2Cl)cccc1-c1cccc(OC(C)CCN2CCC(O)C2)c1C. The van der Waals surface area contributed by atoms with Crippen LogP contribution < -0.4 is 19.5 Å². The van der Waals surface area contributed by atoms with Crippen molar-refractivity contribution in [1.29, 1.82) is 5.26 Å². The first-order chi connectivity index (χ1) is 25.4. The van der Waals surface area contributed by atoms with Crippen LogP contribution in [-0.4, -0.2) is 75.2 Å². The molecule has 2 heterocycles. The number of nitrogens with one attached hydrogen (secondary N) is 1. The molecule has 3 atom stereocenters.